The first-order valence-corrected chi connectivity index (χ1v) is 7.62. The number of nitrogens with one attached hydrogen (secondary N) is 1. The Morgan fingerprint density at radius 1 is 1.17 bits per heavy atom. The highest BCUT2D eigenvalue weighted by atomic mass is 16.5. The Morgan fingerprint density at radius 2 is 2.00 bits per heavy atom. The molecule has 1 aromatic heterocycles. The number of anilines is 1. The highest BCUT2D eigenvalue weighted by Crippen LogP contribution is 2.11. The molecule has 0 aliphatic rings. The number of benzene rings is 2. The van der Waals surface area contributed by atoms with Gasteiger partial charge in [0.1, 0.15) is 24.6 Å². The van der Waals surface area contributed by atoms with Gasteiger partial charge in [0, 0.05) is 5.69 Å². The second-order valence-electron chi connectivity index (χ2n) is 5.43. The van der Waals surface area contributed by atoms with Crippen molar-refractivity contribution in [3.63, 3.8) is 0 Å². The molecule has 3 aromatic rings. The minimum absolute atomic E-state index is 0.103. The van der Waals surface area contributed by atoms with Gasteiger partial charge >= 0.3 is 0 Å². The summed E-state index contributed by atoms with van der Waals surface area (Å²) in [6.07, 6.45) is 1.71. The predicted molar refractivity (Wildman–Crippen MR) is 90.6 cm³/mol. The highest BCUT2D eigenvalue weighted by Gasteiger charge is 2.07. The Morgan fingerprint density at radius 3 is 2.79 bits per heavy atom. The van der Waals surface area contributed by atoms with E-state index in [1.54, 1.807) is 6.20 Å². The first kappa shape index (κ1) is 15.7. The summed E-state index contributed by atoms with van der Waals surface area (Å²) in [7, 11) is 0. The Hall–Kier alpha value is -3.15. The number of aromatic nitrogens is 3. The van der Waals surface area contributed by atoms with Gasteiger partial charge in [0.15, 0.2) is 0 Å². The smallest absolute Gasteiger partial charge is 0.246 e. The molecule has 0 spiro atoms. The van der Waals surface area contributed by atoms with E-state index in [2.05, 4.69) is 15.6 Å². The van der Waals surface area contributed by atoms with E-state index in [9.17, 15) is 4.79 Å². The molecule has 2 aromatic carbocycles. The summed E-state index contributed by atoms with van der Waals surface area (Å²) in [5.74, 6) is 0.616. The first-order valence-electron chi connectivity index (χ1n) is 7.62. The molecule has 0 atom stereocenters. The van der Waals surface area contributed by atoms with Crippen molar-refractivity contribution >= 4 is 11.6 Å². The molecule has 122 valence electrons. The maximum absolute atomic E-state index is 12.1. The second-order valence-corrected chi connectivity index (χ2v) is 5.43. The molecule has 0 radical (unpaired) electrons. The average Bonchev–Trinajstić information content (AvgIpc) is 3.01. The van der Waals surface area contributed by atoms with Crippen LogP contribution in [0.5, 0.6) is 5.75 Å². The Labute approximate surface area is 140 Å². The van der Waals surface area contributed by atoms with Crippen molar-refractivity contribution in [2.24, 2.45) is 0 Å². The normalized spacial score (nSPS) is 10.4. The fourth-order valence-electron chi connectivity index (χ4n) is 2.23. The SMILES string of the molecule is Cc1cccc(NC(=O)Cn2cc(COc3ccccc3)nn2)c1. The summed E-state index contributed by atoms with van der Waals surface area (Å²) in [6, 6.07) is 17.1. The molecule has 0 saturated carbocycles. The maximum Gasteiger partial charge on any atom is 0.246 e. The number of aryl methyl sites for hydroxylation is 1. The van der Waals surface area contributed by atoms with Crippen molar-refractivity contribution in [3.8, 4) is 5.75 Å². The number of para-hydroxylation sites is 1. The molecule has 0 saturated heterocycles. The van der Waals surface area contributed by atoms with Crippen LogP contribution in [0.3, 0.4) is 0 Å². The quantitative estimate of drug-likeness (QED) is 0.757. The summed E-state index contributed by atoms with van der Waals surface area (Å²) >= 11 is 0. The molecule has 0 fully saturated rings. The maximum atomic E-state index is 12.1. The topological polar surface area (TPSA) is 69.0 Å². The predicted octanol–water partition coefficient (Wildman–Crippen LogP) is 2.80. The van der Waals surface area contributed by atoms with Crippen molar-refractivity contribution in [1.29, 1.82) is 0 Å². The molecule has 1 N–H and O–H groups in total. The molecule has 1 heterocycles. The van der Waals surface area contributed by atoms with Crippen LogP contribution in [0, 0.1) is 6.92 Å². The van der Waals surface area contributed by atoms with Gasteiger partial charge in [-0.15, -0.1) is 5.10 Å². The zero-order valence-electron chi connectivity index (χ0n) is 13.3. The summed E-state index contributed by atoms with van der Waals surface area (Å²) in [5.41, 5.74) is 2.53. The minimum atomic E-state index is -0.152. The van der Waals surface area contributed by atoms with Crippen LogP contribution in [0.2, 0.25) is 0 Å². The molecule has 1 amide bonds. The third-order valence-corrected chi connectivity index (χ3v) is 3.32. The van der Waals surface area contributed by atoms with E-state index >= 15 is 0 Å². The van der Waals surface area contributed by atoms with Crippen molar-refractivity contribution < 1.29 is 9.53 Å². The molecule has 3 rings (SSSR count). The Bertz CT molecular complexity index is 815. The van der Waals surface area contributed by atoms with E-state index in [4.69, 9.17) is 4.74 Å². The lowest BCUT2D eigenvalue weighted by atomic mass is 10.2. The second kappa shape index (κ2) is 7.41. The van der Waals surface area contributed by atoms with Crippen molar-refractivity contribution in [1.82, 2.24) is 15.0 Å². The van der Waals surface area contributed by atoms with E-state index in [1.165, 1.54) is 4.68 Å². The molecule has 0 aliphatic heterocycles. The molecule has 6 heteroatoms. The van der Waals surface area contributed by atoms with Crippen LogP contribution < -0.4 is 10.1 Å². The van der Waals surface area contributed by atoms with Gasteiger partial charge in [-0.2, -0.15) is 0 Å². The Kier molecular flexibility index (Phi) is 4.86. The number of hydrogen-bond donors (Lipinski definition) is 1. The number of nitrogens with zero attached hydrogens (tertiary/aromatic N) is 3. The third-order valence-electron chi connectivity index (χ3n) is 3.32. The van der Waals surface area contributed by atoms with E-state index in [1.807, 2.05) is 61.5 Å². The molecule has 6 nitrogen and oxygen atoms in total. The summed E-state index contributed by atoms with van der Waals surface area (Å²) < 4.78 is 7.10. The fraction of sp³-hybridized carbons (Fsp3) is 0.167. The highest BCUT2D eigenvalue weighted by molar-refractivity contribution is 5.90. The molecule has 0 aliphatic carbocycles. The van der Waals surface area contributed by atoms with Crippen LogP contribution in [0.4, 0.5) is 5.69 Å². The molecule has 24 heavy (non-hydrogen) atoms. The minimum Gasteiger partial charge on any atom is -0.487 e. The van der Waals surface area contributed by atoms with E-state index < -0.39 is 0 Å². The van der Waals surface area contributed by atoms with Crippen LogP contribution in [0.15, 0.2) is 60.8 Å². The van der Waals surface area contributed by atoms with E-state index in [0.29, 0.717) is 12.3 Å². The molecule has 0 bridgehead atoms. The zero-order chi connectivity index (χ0) is 16.8. The van der Waals surface area contributed by atoms with Crippen LogP contribution in [0.25, 0.3) is 0 Å². The van der Waals surface area contributed by atoms with Crippen LogP contribution >= 0.6 is 0 Å². The van der Waals surface area contributed by atoms with Crippen molar-refractivity contribution in [2.45, 2.75) is 20.1 Å². The lowest BCUT2D eigenvalue weighted by Crippen LogP contribution is -2.19. The van der Waals surface area contributed by atoms with Gasteiger partial charge in [-0.1, -0.05) is 35.5 Å². The zero-order valence-corrected chi connectivity index (χ0v) is 13.3. The van der Waals surface area contributed by atoms with Crippen LogP contribution in [-0.4, -0.2) is 20.9 Å². The lowest BCUT2D eigenvalue weighted by Gasteiger charge is -2.05. The summed E-state index contributed by atoms with van der Waals surface area (Å²) in [4.78, 5) is 12.1. The first-order chi connectivity index (χ1) is 11.7. The number of amides is 1. The monoisotopic (exact) mass is 322 g/mol. The third kappa shape index (κ3) is 4.42. The van der Waals surface area contributed by atoms with Gasteiger partial charge in [0.05, 0.1) is 6.20 Å². The van der Waals surface area contributed by atoms with Gasteiger partial charge in [-0.25, -0.2) is 4.68 Å². The summed E-state index contributed by atoms with van der Waals surface area (Å²) in [5, 5.41) is 10.8. The largest absolute Gasteiger partial charge is 0.487 e. The summed E-state index contributed by atoms with van der Waals surface area (Å²) in [6.45, 7) is 2.39. The van der Waals surface area contributed by atoms with Gasteiger partial charge < -0.3 is 10.1 Å². The average molecular weight is 322 g/mol. The van der Waals surface area contributed by atoms with Gasteiger partial charge in [-0.05, 0) is 36.8 Å². The van der Waals surface area contributed by atoms with E-state index in [-0.39, 0.29) is 12.5 Å². The van der Waals surface area contributed by atoms with Crippen molar-refractivity contribution in [3.05, 3.63) is 72.1 Å². The number of carbonyl (C=O) groups is 1. The van der Waals surface area contributed by atoms with E-state index in [0.717, 1.165) is 17.0 Å². The number of hydrogen-bond acceptors (Lipinski definition) is 4. The van der Waals surface area contributed by atoms with Crippen LogP contribution in [-0.2, 0) is 17.9 Å². The number of rotatable bonds is 6. The molecular weight excluding hydrogens is 304 g/mol. The molecular formula is C18H18N4O2. The standard InChI is InChI=1S/C18H18N4O2/c1-14-6-5-7-15(10-14)19-18(23)12-22-11-16(20-21-22)13-24-17-8-3-2-4-9-17/h2-11H,12-13H2,1H3,(H,19,23). The van der Waals surface area contributed by atoms with Gasteiger partial charge in [0.25, 0.3) is 0 Å². The van der Waals surface area contributed by atoms with Crippen molar-refractivity contribution in [2.75, 3.05) is 5.32 Å². The number of ether oxygens (including phenoxy) is 1. The Balaban J connectivity index is 1.53. The van der Waals surface area contributed by atoms with Gasteiger partial charge in [-0.3, -0.25) is 4.79 Å². The molecule has 0 unspecified atom stereocenters. The van der Waals surface area contributed by atoms with Gasteiger partial charge in [0.2, 0.25) is 5.91 Å². The van der Waals surface area contributed by atoms with Crippen LogP contribution in [0.1, 0.15) is 11.3 Å². The fourth-order valence-corrected chi connectivity index (χ4v) is 2.23. The lowest BCUT2D eigenvalue weighted by molar-refractivity contribution is -0.116. The number of carbonyl (C=O) groups excluding carboxylic acids is 1.